The summed E-state index contributed by atoms with van der Waals surface area (Å²) in [5.74, 6) is 1.19. The van der Waals surface area contributed by atoms with Crippen LogP contribution in [0.25, 0.3) is 10.9 Å². The SMILES string of the molecule is Cc1ccc2ncnc(N3CCCC(CNS(=O)(=O)N4CCOCC4)C3)c2c1. The number of ether oxygens (including phenoxy) is 1. The fraction of sp³-hybridized carbons (Fsp3) is 0.579. The average molecular weight is 406 g/mol. The molecule has 1 atom stereocenters. The summed E-state index contributed by atoms with van der Waals surface area (Å²) in [6, 6.07) is 6.20. The van der Waals surface area contributed by atoms with Crippen LogP contribution in [0.5, 0.6) is 0 Å². The molecule has 0 radical (unpaired) electrons. The largest absolute Gasteiger partial charge is 0.379 e. The highest BCUT2D eigenvalue weighted by Crippen LogP contribution is 2.28. The Morgan fingerprint density at radius 2 is 2.04 bits per heavy atom. The van der Waals surface area contributed by atoms with Gasteiger partial charge in [-0.05, 0) is 37.8 Å². The van der Waals surface area contributed by atoms with Crippen molar-refractivity contribution in [2.75, 3.05) is 50.8 Å². The minimum Gasteiger partial charge on any atom is -0.379 e. The van der Waals surface area contributed by atoms with Crippen molar-refractivity contribution in [3.63, 3.8) is 0 Å². The summed E-state index contributed by atoms with van der Waals surface area (Å²) in [7, 11) is -3.45. The molecule has 1 unspecified atom stereocenters. The highest BCUT2D eigenvalue weighted by atomic mass is 32.2. The molecule has 0 amide bonds. The van der Waals surface area contributed by atoms with E-state index >= 15 is 0 Å². The third-order valence-electron chi connectivity index (χ3n) is 5.45. The number of benzene rings is 1. The first-order valence-corrected chi connectivity index (χ1v) is 11.3. The van der Waals surface area contributed by atoms with Gasteiger partial charge in [0.05, 0.1) is 18.7 Å². The lowest BCUT2D eigenvalue weighted by Gasteiger charge is -2.34. The van der Waals surface area contributed by atoms with Crippen LogP contribution in [-0.2, 0) is 14.9 Å². The molecule has 2 fully saturated rings. The Morgan fingerprint density at radius 3 is 2.86 bits per heavy atom. The average Bonchev–Trinajstić information content (AvgIpc) is 2.73. The van der Waals surface area contributed by atoms with Crippen LogP contribution in [0.1, 0.15) is 18.4 Å². The molecule has 0 spiro atoms. The van der Waals surface area contributed by atoms with Crippen LogP contribution in [0, 0.1) is 12.8 Å². The van der Waals surface area contributed by atoms with Crippen LogP contribution in [0.4, 0.5) is 5.82 Å². The highest BCUT2D eigenvalue weighted by molar-refractivity contribution is 7.87. The van der Waals surface area contributed by atoms with Crippen molar-refractivity contribution in [2.45, 2.75) is 19.8 Å². The quantitative estimate of drug-likeness (QED) is 0.807. The minimum absolute atomic E-state index is 0.249. The van der Waals surface area contributed by atoms with Gasteiger partial charge in [-0.15, -0.1) is 0 Å². The van der Waals surface area contributed by atoms with E-state index in [0.717, 1.165) is 42.7 Å². The van der Waals surface area contributed by atoms with Crippen molar-refractivity contribution in [3.05, 3.63) is 30.1 Å². The molecule has 2 aliphatic rings. The molecule has 8 nitrogen and oxygen atoms in total. The summed E-state index contributed by atoms with van der Waals surface area (Å²) in [5.41, 5.74) is 2.11. The third-order valence-corrected chi connectivity index (χ3v) is 7.03. The summed E-state index contributed by atoms with van der Waals surface area (Å²) in [4.78, 5) is 11.2. The Labute approximate surface area is 166 Å². The van der Waals surface area contributed by atoms with Gasteiger partial charge in [0.25, 0.3) is 10.2 Å². The fourth-order valence-corrected chi connectivity index (χ4v) is 5.19. The van der Waals surface area contributed by atoms with Gasteiger partial charge in [0.1, 0.15) is 12.1 Å². The van der Waals surface area contributed by atoms with E-state index in [0.29, 0.717) is 32.8 Å². The second-order valence-corrected chi connectivity index (χ2v) is 9.29. The first-order valence-electron chi connectivity index (χ1n) is 9.82. The van der Waals surface area contributed by atoms with Crippen LogP contribution in [0.3, 0.4) is 0 Å². The van der Waals surface area contributed by atoms with Crippen LogP contribution >= 0.6 is 0 Å². The molecule has 2 saturated heterocycles. The van der Waals surface area contributed by atoms with Gasteiger partial charge in [-0.1, -0.05) is 11.6 Å². The second kappa shape index (κ2) is 8.28. The Kier molecular flexibility index (Phi) is 5.77. The lowest BCUT2D eigenvalue weighted by molar-refractivity contribution is 0.0724. The van der Waals surface area contributed by atoms with Crippen molar-refractivity contribution in [1.29, 1.82) is 0 Å². The second-order valence-electron chi connectivity index (χ2n) is 7.54. The molecule has 0 saturated carbocycles. The van der Waals surface area contributed by atoms with Crippen LogP contribution in [0.15, 0.2) is 24.5 Å². The monoisotopic (exact) mass is 405 g/mol. The van der Waals surface area contributed by atoms with Gasteiger partial charge in [-0.2, -0.15) is 12.7 Å². The number of fused-ring (bicyclic) bond motifs is 1. The van der Waals surface area contributed by atoms with Gasteiger partial charge in [0.15, 0.2) is 0 Å². The molecule has 2 aliphatic heterocycles. The van der Waals surface area contributed by atoms with E-state index in [9.17, 15) is 8.42 Å². The standard InChI is InChI=1S/C19H27N5O3S/c1-15-4-5-18-17(11-15)19(21-14-20-18)23-6-2-3-16(13-23)12-22-28(25,26)24-7-9-27-10-8-24/h4-5,11,14,16,22H,2-3,6-10,12-13H2,1H3. The van der Waals surface area contributed by atoms with Crippen LogP contribution in [-0.4, -0.2) is 68.6 Å². The van der Waals surface area contributed by atoms with Gasteiger partial charge >= 0.3 is 0 Å². The topological polar surface area (TPSA) is 87.7 Å². The van der Waals surface area contributed by atoms with E-state index < -0.39 is 10.2 Å². The Bertz CT molecular complexity index is 930. The molecular weight excluding hydrogens is 378 g/mol. The number of rotatable bonds is 5. The first-order chi connectivity index (χ1) is 13.5. The van der Waals surface area contributed by atoms with E-state index in [4.69, 9.17) is 4.74 Å². The number of nitrogens with one attached hydrogen (secondary N) is 1. The molecule has 28 heavy (non-hydrogen) atoms. The Morgan fingerprint density at radius 1 is 1.21 bits per heavy atom. The van der Waals surface area contributed by atoms with Gasteiger partial charge in [0, 0.05) is 38.1 Å². The maximum Gasteiger partial charge on any atom is 0.279 e. The molecule has 1 aromatic heterocycles. The van der Waals surface area contributed by atoms with Crippen molar-refractivity contribution < 1.29 is 13.2 Å². The number of aromatic nitrogens is 2. The summed E-state index contributed by atoms with van der Waals surface area (Å²) in [6.45, 7) is 5.96. The Balaban J connectivity index is 1.44. The van der Waals surface area contributed by atoms with Crippen molar-refractivity contribution in [3.8, 4) is 0 Å². The number of anilines is 1. The lowest BCUT2D eigenvalue weighted by Crippen LogP contribution is -2.49. The van der Waals surface area contributed by atoms with Crippen LogP contribution in [0.2, 0.25) is 0 Å². The predicted octanol–water partition coefficient (Wildman–Crippen LogP) is 1.32. The maximum atomic E-state index is 12.5. The van der Waals surface area contributed by atoms with Crippen LogP contribution < -0.4 is 9.62 Å². The predicted molar refractivity (Wildman–Crippen MR) is 109 cm³/mol. The van der Waals surface area contributed by atoms with Crippen molar-refractivity contribution in [1.82, 2.24) is 19.0 Å². The smallest absolute Gasteiger partial charge is 0.279 e. The molecule has 3 heterocycles. The third kappa shape index (κ3) is 4.27. The number of hydrogen-bond acceptors (Lipinski definition) is 6. The zero-order valence-electron chi connectivity index (χ0n) is 16.2. The maximum absolute atomic E-state index is 12.5. The molecule has 0 aliphatic carbocycles. The molecule has 2 aromatic rings. The molecule has 152 valence electrons. The molecule has 9 heteroatoms. The molecule has 4 rings (SSSR count). The minimum atomic E-state index is -3.45. The van der Waals surface area contributed by atoms with Gasteiger partial charge in [-0.3, -0.25) is 0 Å². The Hall–Kier alpha value is -1.81. The number of morpholine rings is 1. The van der Waals surface area contributed by atoms with Gasteiger partial charge in [-0.25, -0.2) is 14.7 Å². The van der Waals surface area contributed by atoms with E-state index in [1.165, 1.54) is 9.87 Å². The highest BCUT2D eigenvalue weighted by Gasteiger charge is 2.27. The van der Waals surface area contributed by atoms with Gasteiger partial charge in [0.2, 0.25) is 0 Å². The van der Waals surface area contributed by atoms with Crippen molar-refractivity contribution in [2.24, 2.45) is 5.92 Å². The summed E-state index contributed by atoms with van der Waals surface area (Å²) in [5, 5.41) is 1.05. The van der Waals surface area contributed by atoms with Crippen molar-refractivity contribution >= 4 is 26.9 Å². The molecule has 1 N–H and O–H groups in total. The molecular formula is C19H27N5O3S. The normalized spacial score (nSPS) is 21.9. The summed E-state index contributed by atoms with van der Waals surface area (Å²) < 4.78 is 34.5. The molecule has 0 bridgehead atoms. The fourth-order valence-electron chi connectivity index (χ4n) is 3.93. The number of nitrogens with zero attached hydrogens (tertiary/aromatic N) is 4. The van der Waals surface area contributed by atoms with E-state index in [1.807, 2.05) is 6.07 Å². The lowest BCUT2D eigenvalue weighted by atomic mass is 9.98. The number of hydrogen-bond donors (Lipinski definition) is 1. The van der Waals surface area contributed by atoms with E-state index in [1.54, 1.807) is 6.33 Å². The summed E-state index contributed by atoms with van der Waals surface area (Å²) >= 11 is 0. The first kappa shape index (κ1) is 19.5. The zero-order valence-corrected chi connectivity index (χ0v) is 17.0. The van der Waals surface area contributed by atoms with E-state index in [-0.39, 0.29) is 5.92 Å². The zero-order chi connectivity index (χ0) is 19.6. The van der Waals surface area contributed by atoms with E-state index in [2.05, 4.69) is 38.6 Å². The number of piperidine rings is 1. The summed E-state index contributed by atoms with van der Waals surface area (Å²) in [6.07, 6.45) is 3.63. The molecule has 1 aromatic carbocycles. The number of aryl methyl sites for hydroxylation is 1. The van der Waals surface area contributed by atoms with Gasteiger partial charge < -0.3 is 9.64 Å².